The number of aromatic nitrogens is 3. The zero-order chi connectivity index (χ0) is 12.3. The molecule has 1 aliphatic carbocycles. The highest BCUT2D eigenvalue weighted by atomic mass is 35.5. The van der Waals surface area contributed by atoms with Gasteiger partial charge in [-0.2, -0.15) is 5.10 Å². The standard InChI is InChI=1S/C13H20ClN3/c1-10(2)17-13(15-9-16-17)8-11-5-3-4-6-12(14)7-11/h7,9-10,12H,3-6,8H2,1-2H3. The van der Waals surface area contributed by atoms with Crippen molar-refractivity contribution in [3.05, 3.63) is 23.8 Å². The predicted octanol–water partition coefficient (Wildman–Crippen LogP) is 3.51. The molecule has 3 nitrogen and oxygen atoms in total. The first kappa shape index (κ1) is 12.6. The lowest BCUT2D eigenvalue weighted by Gasteiger charge is -2.11. The Labute approximate surface area is 108 Å². The van der Waals surface area contributed by atoms with Gasteiger partial charge < -0.3 is 0 Å². The van der Waals surface area contributed by atoms with Crippen LogP contribution in [0.4, 0.5) is 0 Å². The summed E-state index contributed by atoms with van der Waals surface area (Å²) in [7, 11) is 0. The smallest absolute Gasteiger partial charge is 0.138 e. The molecule has 0 saturated heterocycles. The Kier molecular flexibility index (Phi) is 4.21. The summed E-state index contributed by atoms with van der Waals surface area (Å²) in [5.74, 6) is 1.05. The van der Waals surface area contributed by atoms with Gasteiger partial charge in [-0.1, -0.05) is 18.1 Å². The zero-order valence-corrected chi connectivity index (χ0v) is 11.3. The molecule has 1 unspecified atom stereocenters. The molecule has 1 heterocycles. The molecule has 2 rings (SSSR count). The van der Waals surface area contributed by atoms with Gasteiger partial charge in [-0.3, -0.25) is 0 Å². The average Bonchev–Trinajstić information content (AvgIpc) is 2.62. The second-order valence-electron chi connectivity index (χ2n) is 4.98. The molecule has 1 aromatic heterocycles. The Morgan fingerprint density at radius 2 is 2.29 bits per heavy atom. The lowest BCUT2D eigenvalue weighted by Crippen LogP contribution is -2.09. The van der Waals surface area contributed by atoms with Crippen molar-refractivity contribution in [3.63, 3.8) is 0 Å². The van der Waals surface area contributed by atoms with Crippen LogP contribution in [0.5, 0.6) is 0 Å². The van der Waals surface area contributed by atoms with Crippen molar-refractivity contribution in [1.29, 1.82) is 0 Å². The highest BCUT2D eigenvalue weighted by molar-refractivity contribution is 6.21. The van der Waals surface area contributed by atoms with Crippen LogP contribution in [0, 0.1) is 0 Å². The molecular formula is C13H20ClN3. The van der Waals surface area contributed by atoms with Gasteiger partial charge in [-0.05, 0) is 33.1 Å². The molecule has 1 aromatic rings. The normalized spacial score (nSPS) is 21.4. The van der Waals surface area contributed by atoms with Crippen LogP contribution in [0.2, 0.25) is 0 Å². The minimum Gasteiger partial charge on any atom is -0.247 e. The molecule has 0 radical (unpaired) electrons. The number of allylic oxidation sites excluding steroid dienone is 2. The first-order chi connectivity index (χ1) is 8.16. The molecule has 0 aliphatic heterocycles. The second-order valence-corrected chi connectivity index (χ2v) is 5.54. The number of nitrogens with zero attached hydrogens (tertiary/aromatic N) is 3. The van der Waals surface area contributed by atoms with Crippen molar-refractivity contribution in [3.8, 4) is 0 Å². The van der Waals surface area contributed by atoms with Crippen LogP contribution in [0.1, 0.15) is 51.4 Å². The van der Waals surface area contributed by atoms with E-state index in [2.05, 4.69) is 30.0 Å². The molecule has 4 heteroatoms. The van der Waals surface area contributed by atoms with Crippen LogP contribution in [-0.4, -0.2) is 20.1 Å². The van der Waals surface area contributed by atoms with Crippen molar-refractivity contribution in [2.75, 3.05) is 0 Å². The Bertz CT molecular complexity index is 395. The summed E-state index contributed by atoms with van der Waals surface area (Å²) in [5.41, 5.74) is 1.41. The largest absolute Gasteiger partial charge is 0.247 e. The van der Waals surface area contributed by atoms with Gasteiger partial charge in [-0.15, -0.1) is 11.6 Å². The molecule has 1 atom stereocenters. The molecule has 0 saturated carbocycles. The summed E-state index contributed by atoms with van der Waals surface area (Å²) in [6.07, 6.45) is 9.46. The summed E-state index contributed by atoms with van der Waals surface area (Å²) >= 11 is 6.24. The lowest BCUT2D eigenvalue weighted by molar-refractivity contribution is 0.508. The first-order valence-corrected chi connectivity index (χ1v) is 6.82. The van der Waals surface area contributed by atoms with Gasteiger partial charge in [0.15, 0.2) is 0 Å². The highest BCUT2D eigenvalue weighted by Gasteiger charge is 2.13. The molecule has 1 aliphatic rings. The third-order valence-electron chi connectivity index (χ3n) is 3.17. The molecular weight excluding hydrogens is 234 g/mol. The second kappa shape index (κ2) is 5.67. The third-order valence-corrected chi connectivity index (χ3v) is 3.51. The molecule has 0 N–H and O–H groups in total. The van der Waals surface area contributed by atoms with Crippen molar-refractivity contribution in [2.24, 2.45) is 0 Å². The topological polar surface area (TPSA) is 30.7 Å². The number of hydrogen-bond acceptors (Lipinski definition) is 2. The van der Waals surface area contributed by atoms with E-state index in [1.165, 1.54) is 18.4 Å². The van der Waals surface area contributed by atoms with E-state index in [0.717, 1.165) is 25.1 Å². The Hall–Kier alpha value is -0.830. The molecule has 94 valence electrons. The fourth-order valence-corrected chi connectivity index (χ4v) is 2.63. The van der Waals surface area contributed by atoms with Gasteiger partial charge in [0.1, 0.15) is 12.2 Å². The maximum Gasteiger partial charge on any atom is 0.138 e. The Morgan fingerprint density at radius 1 is 1.47 bits per heavy atom. The van der Waals surface area contributed by atoms with E-state index >= 15 is 0 Å². The minimum atomic E-state index is 0.197. The molecule has 0 spiro atoms. The summed E-state index contributed by atoms with van der Waals surface area (Å²) in [4.78, 5) is 4.36. The van der Waals surface area contributed by atoms with Crippen LogP contribution >= 0.6 is 11.6 Å². The van der Waals surface area contributed by atoms with E-state index in [1.54, 1.807) is 6.33 Å². The molecule has 17 heavy (non-hydrogen) atoms. The van der Waals surface area contributed by atoms with Gasteiger partial charge in [-0.25, -0.2) is 9.67 Å². The van der Waals surface area contributed by atoms with Crippen molar-refractivity contribution in [1.82, 2.24) is 14.8 Å². The van der Waals surface area contributed by atoms with E-state index in [4.69, 9.17) is 11.6 Å². The van der Waals surface area contributed by atoms with Crippen molar-refractivity contribution in [2.45, 2.75) is 57.4 Å². The summed E-state index contributed by atoms with van der Waals surface area (Å²) in [6, 6.07) is 0.366. The maximum absolute atomic E-state index is 6.24. The van der Waals surface area contributed by atoms with Crippen molar-refractivity contribution < 1.29 is 0 Å². The van der Waals surface area contributed by atoms with Crippen LogP contribution < -0.4 is 0 Å². The van der Waals surface area contributed by atoms with Crippen LogP contribution in [0.25, 0.3) is 0 Å². The fourth-order valence-electron chi connectivity index (χ4n) is 2.30. The number of hydrogen-bond donors (Lipinski definition) is 0. The SMILES string of the molecule is CC(C)n1ncnc1CC1=CC(Cl)CCCC1. The molecule has 0 bridgehead atoms. The van der Waals surface area contributed by atoms with Gasteiger partial charge in [0, 0.05) is 12.5 Å². The number of rotatable bonds is 3. The zero-order valence-electron chi connectivity index (χ0n) is 10.6. The van der Waals surface area contributed by atoms with E-state index in [1.807, 2.05) is 4.68 Å². The average molecular weight is 254 g/mol. The third kappa shape index (κ3) is 3.32. The van der Waals surface area contributed by atoms with E-state index in [0.29, 0.717) is 6.04 Å². The fraction of sp³-hybridized carbons (Fsp3) is 0.692. The minimum absolute atomic E-state index is 0.197. The summed E-state index contributed by atoms with van der Waals surface area (Å²) in [5, 5.41) is 4.47. The van der Waals surface area contributed by atoms with Gasteiger partial charge in [0.2, 0.25) is 0 Å². The van der Waals surface area contributed by atoms with Crippen molar-refractivity contribution >= 4 is 11.6 Å². The monoisotopic (exact) mass is 253 g/mol. The van der Waals surface area contributed by atoms with Crippen LogP contribution in [-0.2, 0) is 6.42 Å². The summed E-state index contributed by atoms with van der Waals surface area (Å²) in [6.45, 7) is 4.26. The first-order valence-electron chi connectivity index (χ1n) is 6.39. The predicted molar refractivity (Wildman–Crippen MR) is 70.3 cm³/mol. The highest BCUT2D eigenvalue weighted by Crippen LogP contribution is 2.23. The maximum atomic E-state index is 6.24. The van der Waals surface area contributed by atoms with Gasteiger partial charge in [0.05, 0.1) is 5.38 Å². The van der Waals surface area contributed by atoms with Gasteiger partial charge >= 0.3 is 0 Å². The molecule has 0 fully saturated rings. The lowest BCUT2D eigenvalue weighted by atomic mass is 10.1. The number of halogens is 1. The summed E-state index contributed by atoms with van der Waals surface area (Å²) < 4.78 is 2.00. The quantitative estimate of drug-likeness (QED) is 0.610. The van der Waals surface area contributed by atoms with Crippen LogP contribution in [0.15, 0.2) is 18.0 Å². The Balaban J connectivity index is 2.11. The molecule has 0 aromatic carbocycles. The Morgan fingerprint density at radius 3 is 3.06 bits per heavy atom. The van der Waals surface area contributed by atoms with E-state index < -0.39 is 0 Å². The van der Waals surface area contributed by atoms with E-state index in [-0.39, 0.29) is 5.38 Å². The van der Waals surface area contributed by atoms with Gasteiger partial charge in [0.25, 0.3) is 0 Å². The number of alkyl halides is 1. The van der Waals surface area contributed by atoms with Crippen LogP contribution in [0.3, 0.4) is 0 Å². The molecule has 0 amide bonds. The van der Waals surface area contributed by atoms with E-state index in [9.17, 15) is 0 Å².